The maximum absolute atomic E-state index is 6.63. The van der Waals surface area contributed by atoms with Gasteiger partial charge in [-0.25, -0.2) is 5.01 Å². The Morgan fingerprint density at radius 2 is 1.64 bits per heavy atom. The smallest absolute Gasteiger partial charge is 0.214 e. The number of nitrogens with zero attached hydrogens (tertiary/aromatic N) is 2. The van der Waals surface area contributed by atoms with Gasteiger partial charge in [-0.1, -0.05) is 24.3 Å². The fourth-order valence-electron chi connectivity index (χ4n) is 4.79. The molecule has 0 N–H and O–H groups in total. The van der Waals surface area contributed by atoms with Gasteiger partial charge in [0.1, 0.15) is 5.75 Å². The van der Waals surface area contributed by atoms with E-state index < -0.39 is 6.23 Å². The number of fused-ring (bicyclic) bond motifs is 3. The van der Waals surface area contributed by atoms with Crippen molar-refractivity contribution in [3.63, 3.8) is 0 Å². The Morgan fingerprint density at radius 1 is 0.889 bits per heavy atom. The molecule has 36 heavy (non-hydrogen) atoms. The van der Waals surface area contributed by atoms with Crippen LogP contribution in [-0.4, -0.2) is 45.8 Å². The van der Waals surface area contributed by atoms with Crippen LogP contribution in [0.3, 0.4) is 0 Å². The lowest BCUT2D eigenvalue weighted by atomic mass is 9.95. The van der Waals surface area contributed by atoms with Gasteiger partial charge in [0, 0.05) is 23.1 Å². The third-order valence-corrected chi connectivity index (χ3v) is 6.46. The molecule has 5 rings (SSSR count). The number of methoxy groups -OCH3 is 4. The van der Waals surface area contributed by atoms with Crippen molar-refractivity contribution in [1.29, 1.82) is 0 Å². The summed E-state index contributed by atoms with van der Waals surface area (Å²) in [6, 6.07) is 17.7. The van der Waals surface area contributed by atoms with Gasteiger partial charge in [0.2, 0.25) is 12.0 Å². The average molecular weight is 491 g/mol. The van der Waals surface area contributed by atoms with E-state index in [4.69, 9.17) is 33.5 Å². The minimum absolute atomic E-state index is 0.0422. The lowest BCUT2D eigenvalue weighted by molar-refractivity contribution is -0.0214. The first-order valence-corrected chi connectivity index (χ1v) is 11.8. The van der Waals surface area contributed by atoms with Crippen LogP contribution in [-0.2, 0) is 0 Å². The first kappa shape index (κ1) is 23.7. The van der Waals surface area contributed by atoms with Crippen molar-refractivity contribution in [1.82, 2.24) is 5.01 Å². The van der Waals surface area contributed by atoms with Crippen molar-refractivity contribution in [3.8, 4) is 34.5 Å². The molecule has 8 heteroatoms. The summed E-state index contributed by atoms with van der Waals surface area (Å²) in [5.74, 6) is 3.84. The van der Waals surface area contributed by atoms with E-state index in [0.717, 1.165) is 33.9 Å². The fourth-order valence-corrected chi connectivity index (χ4v) is 4.79. The van der Waals surface area contributed by atoms with Gasteiger partial charge in [-0.3, -0.25) is 0 Å². The molecule has 2 atom stereocenters. The molecule has 0 amide bonds. The summed E-state index contributed by atoms with van der Waals surface area (Å²) >= 11 is 0. The molecule has 0 saturated heterocycles. The minimum Gasteiger partial charge on any atom is -0.497 e. The fraction of sp³-hybridized carbons (Fsp3) is 0.321. The van der Waals surface area contributed by atoms with Crippen LogP contribution in [0.15, 0.2) is 59.7 Å². The predicted molar refractivity (Wildman–Crippen MR) is 136 cm³/mol. The van der Waals surface area contributed by atoms with E-state index in [9.17, 15) is 0 Å². The summed E-state index contributed by atoms with van der Waals surface area (Å²) in [4.78, 5) is 0. The molecule has 0 aromatic heterocycles. The van der Waals surface area contributed by atoms with Gasteiger partial charge in [0.25, 0.3) is 0 Å². The van der Waals surface area contributed by atoms with Crippen LogP contribution in [0.4, 0.5) is 0 Å². The summed E-state index contributed by atoms with van der Waals surface area (Å²) < 4.78 is 34.8. The van der Waals surface area contributed by atoms with Gasteiger partial charge in [-0.05, 0) is 37.3 Å². The molecule has 3 aromatic rings. The van der Waals surface area contributed by atoms with Crippen molar-refractivity contribution in [3.05, 3.63) is 71.3 Å². The Hall–Kier alpha value is -4.07. The Morgan fingerprint density at radius 3 is 2.31 bits per heavy atom. The van der Waals surface area contributed by atoms with E-state index in [1.807, 2.05) is 60.5 Å². The summed E-state index contributed by atoms with van der Waals surface area (Å²) in [6.07, 6.45) is 0.168. The van der Waals surface area contributed by atoms with Crippen molar-refractivity contribution >= 4 is 5.71 Å². The highest BCUT2D eigenvalue weighted by atomic mass is 16.5. The number of ether oxygens (including phenoxy) is 6. The first-order chi connectivity index (χ1) is 17.6. The molecule has 0 bridgehead atoms. The zero-order chi connectivity index (χ0) is 25.2. The first-order valence-electron chi connectivity index (χ1n) is 11.8. The Balaban J connectivity index is 1.65. The highest BCUT2D eigenvalue weighted by molar-refractivity contribution is 6.02. The maximum Gasteiger partial charge on any atom is 0.214 e. The SMILES string of the molecule is CCOc1cccc2c1O[C@@H](c1cc(OC)c(OC)c(OC)c1)N1N=C(c3cccc(OC)c3)C[C@@H]21. The van der Waals surface area contributed by atoms with Gasteiger partial charge < -0.3 is 28.4 Å². The number of hydrogen-bond acceptors (Lipinski definition) is 8. The number of rotatable bonds is 8. The van der Waals surface area contributed by atoms with E-state index in [2.05, 4.69) is 6.07 Å². The third-order valence-electron chi connectivity index (χ3n) is 6.46. The van der Waals surface area contributed by atoms with Crippen LogP contribution < -0.4 is 28.4 Å². The van der Waals surface area contributed by atoms with Crippen molar-refractivity contribution in [2.75, 3.05) is 35.0 Å². The van der Waals surface area contributed by atoms with Gasteiger partial charge in [0.05, 0.1) is 46.8 Å². The molecule has 3 aromatic carbocycles. The second-order valence-electron chi connectivity index (χ2n) is 8.41. The molecule has 188 valence electrons. The predicted octanol–water partition coefficient (Wildman–Crippen LogP) is 5.36. The van der Waals surface area contributed by atoms with E-state index in [1.54, 1.807) is 28.4 Å². The number of para-hydroxylation sites is 1. The molecule has 2 heterocycles. The zero-order valence-corrected chi connectivity index (χ0v) is 21.1. The van der Waals surface area contributed by atoms with E-state index in [1.165, 1.54) is 0 Å². The van der Waals surface area contributed by atoms with E-state index >= 15 is 0 Å². The van der Waals surface area contributed by atoms with E-state index in [-0.39, 0.29) is 6.04 Å². The minimum atomic E-state index is -0.541. The average Bonchev–Trinajstić information content (AvgIpc) is 3.38. The second-order valence-corrected chi connectivity index (χ2v) is 8.41. The van der Waals surface area contributed by atoms with E-state index in [0.29, 0.717) is 36.0 Å². The topological polar surface area (TPSA) is 71.0 Å². The van der Waals surface area contributed by atoms with Crippen molar-refractivity contribution < 1.29 is 28.4 Å². The van der Waals surface area contributed by atoms with Gasteiger partial charge in [-0.2, -0.15) is 5.10 Å². The molecule has 0 radical (unpaired) electrons. The van der Waals surface area contributed by atoms with Crippen molar-refractivity contribution in [2.45, 2.75) is 25.6 Å². The summed E-state index contributed by atoms with van der Waals surface area (Å²) in [5, 5.41) is 7.06. The highest BCUT2D eigenvalue weighted by Crippen LogP contribution is 2.52. The molecule has 0 aliphatic carbocycles. The van der Waals surface area contributed by atoms with Crippen LogP contribution in [0.2, 0.25) is 0 Å². The lowest BCUT2D eigenvalue weighted by Crippen LogP contribution is -2.34. The summed E-state index contributed by atoms with van der Waals surface area (Å²) in [6.45, 7) is 2.50. The maximum atomic E-state index is 6.63. The number of hydrazone groups is 1. The number of benzene rings is 3. The van der Waals surface area contributed by atoms with Crippen LogP contribution in [0, 0.1) is 0 Å². The lowest BCUT2D eigenvalue weighted by Gasteiger charge is -2.39. The van der Waals surface area contributed by atoms with Crippen LogP contribution in [0.5, 0.6) is 34.5 Å². The van der Waals surface area contributed by atoms with Gasteiger partial charge >= 0.3 is 0 Å². The number of hydrogen-bond donors (Lipinski definition) is 0. The monoisotopic (exact) mass is 490 g/mol. The summed E-state index contributed by atoms with van der Waals surface area (Å²) in [7, 11) is 6.45. The quantitative estimate of drug-likeness (QED) is 0.421. The van der Waals surface area contributed by atoms with Crippen LogP contribution in [0.25, 0.3) is 0 Å². The standard InChI is InChI=1S/C28H30N2O6/c1-6-35-23-12-8-11-20-22-16-21(17-9-7-10-19(13-17)31-2)29-30(22)28(36-26(20)23)18-14-24(32-3)27(34-5)25(15-18)33-4/h7-15,22,28H,6,16H2,1-5H3/t22-,28-/m0/s1. The highest BCUT2D eigenvalue weighted by Gasteiger charge is 2.42. The molecule has 0 fully saturated rings. The Kier molecular flexibility index (Phi) is 6.50. The summed E-state index contributed by atoms with van der Waals surface area (Å²) in [5.41, 5.74) is 3.82. The van der Waals surface area contributed by atoms with Gasteiger partial charge in [0.15, 0.2) is 23.0 Å². The van der Waals surface area contributed by atoms with Crippen LogP contribution in [0.1, 0.15) is 42.3 Å². The molecular formula is C28H30N2O6. The second kappa shape index (κ2) is 9.89. The van der Waals surface area contributed by atoms with Crippen molar-refractivity contribution in [2.24, 2.45) is 5.10 Å². The molecular weight excluding hydrogens is 460 g/mol. The third kappa shape index (κ3) is 4.02. The molecule has 8 nitrogen and oxygen atoms in total. The molecule has 0 unspecified atom stereocenters. The Bertz CT molecular complexity index is 1270. The molecule has 0 spiro atoms. The largest absolute Gasteiger partial charge is 0.497 e. The Labute approximate surface area is 210 Å². The zero-order valence-electron chi connectivity index (χ0n) is 21.1. The normalized spacial score (nSPS) is 17.9. The van der Waals surface area contributed by atoms with Crippen LogP contribution >= 0.6 is 0 Å². The molecule has 2 aliphatic rings. The van der Waals surface area contributed by atoms with Gasteiger partial charge in [-0.15, -0.1) is 0 Å². The molecule has 0 saturated carbocycles. The molecule has 2 aliphatic heterocycles.